The number of methoxy groups -OCH3 is 1. The van der Waals surface area contributed by atoms with Crippen molar-refractivity contribution >= 4 is 11.6 Å². The van der Waals surface area contributed by atoms with Crippen molar-refractivity contribution in [3.05, 3.63) is 53.1 Å². The maximum absolute atomic E-state index is 14.2. The Labute approximate surface area is 212 Å². The molecule has 2 fully saturated rings. The van der Waals surface area contributed by atoms with Gasteiger partial charge in [-0.3, -0.25) is 9.78 Å². The molecule has 5 unspecified atom stereocenters. The second-order valence-electron chi connectivity index (χ2n) is 10.0. The Morgan fingerprint density at radius 1 is 1.16 bits per heavy atom. The van der Waals surface area contributed by atoms with Gasteiger partial charge >= 0.3 is 6.18 Å². The first-order valence-electron chi connectivity index (χ1n) is 11.8. The van der Waals surface area contributed by atoms with Crippen LogP contribution in [0, 0.1) is 18.7 Å². The van der Waals surface area contributed by atoms with Crippen LogP contribution in [0.2, 0.25) is 0 Å². The summed E-state index contributed by atoms with van der Waals surface area (Å²) >= 11 is 0. The first-order valence-corrected chi connectivity index (χ1v) is 11.8. The quantitative estimate of drug-likeness (QED) is 0.523. The van der Waals surface area contributed by atoms with E-state index in [0.29, 0.717) is 12.3 Å². The zero-order valence-corrected chi connectivity index (χ0v) is 21.4. The van der Waals surface area contributed by atoms with E-state index in [1.807, 2.05) is 0 Å². The summed E-state index contributed by atoms with van der Waals surface area (Å²) in [5, 5.41) is 2.61. The number of alkyl halides is 3. The lowest BCUT2D eigenvalue weighted by Crippen LogP contribution is -2.47. The molecule has 2 aromatic rings. The molecule has 1 aromatic carbocycles. The van der Waals surface area contributed by atoms with Crippen molar-refractivity contribution in [2.75, 3.05) is 19.0 Å². The fourth-order valence-electron chi connectivity index (χ4n) is 4.96. The molecule has 1 N–H and O–H groups in total. The van der Waals surface area contributed by atoms with E-state index in [4.69, 9.17) is 18.9 Å². The van der Waals surface area contributed by atoms with Crippen LogP contribution >= 0.6 is 0 Å². The Hall–Kier alpha value is -2.76. The molecule has 2 aliphatic heterocycles. The van der Waals surface area contributed by atoms with Gasteiger partial charge in [0.2, 0.25) is 0 Å². The molecular formula is C26H30F4N2O5. The van der Waals surface area contributed by atoms with Gasteiger partial charge in [-0.15, -0.1) is 0 Å². The molecule has 202 valence electrons. The van der Waals surface area contributed by atoms with Crippen LogP contribution in [0.25, 0.3) is 0 Å². The number of carbonyl (C=O) groups is 1. The summed E-state index contributed by atoms with van der Waals surface area (Å²) in [6.07, 6.45) is -5.29. The maximum Gasteiger partial charge on any atom is 0.417 e. The van der Waals surface area contributed by atoms with Crippen LogP contribution < -0.4 is 10.1 Å². The number of carbonyl (C=O) groups excluding carboxylic acids is 1. The Kier molecular flexibility index (Phi) is 7.02. The molecular weight excluding hydrogens is 496 g/mol. The number of nitrogens with one attached hydrogen (secondary N) is 1. The van der Waals surface area contributed by atoms with Gasteiger partial charge in [0.05, 0.1) is 31.3 Å². The minimum absolute atomic E-state index is 0.0809. The lowest BCUT2D eigenvalue weighted by atomic mass is 9.76. The molecule has 3 heterocycles. The van der Waals surface area contributed by atoms with Crippen LogP contribution in [0.5, 0.6) is 5.75 Å². The third-order valence-electron chi connectivity index (χ3n) is 7.25. The zero-order chi connectivity index (χ0) is 27.3. The fraction of sp³-hybridized carbons (Fsp3) is 0.538. The average Bonchev–Trinajstić information content (AvgIpc) is 3.33. The van der Waals surface area contributed by atoms with Crippen LogP contribution in [0.4, 0.5) is 23.2 Å². The standard InChI is InChI=1S/C26H30F4N2O5/c1-13-17(27)9-8-16(21(13)34-6)20-14(2)25(5,26(28,29)30)37-22(20)23(33)32-15-7-10-18(31-11-15)19-12-35-24(3,4)36-19/h7-11,14,19-20,22H,12H2,1-6H3,(H,32,33). The van der Waals surface area contributed by atoms with Gasteiger partial charge in [-0.25, -0.2) is 4.39 Å². The Morgan fingerprint density at radius 2 is 1.86 bits per heavy atom. The predicted octanol–water partition coefficient (Wildman–Crippen LogP) is 5.44. The summed E-state index contributed by atoms with van der Waals surface area (Å²) in [6, 6.07) is 5.72. The highest BCUT2D eigenvalue weighted by Crippen LogP contribution is 2.55. The van der Waals surface area contributed by atoms with Gasteiger partial charge < -0.3 is 24.3 Å². The highest BCUT2D eigenvalue weighted by molar-refractivity contribution is 5.95. The molecule has 0 radical (unpaired) electrons. The SMILES string of the molecule is COc1c(C2C(C(=O)Nc3ccc(C4COC(C)(C)O4)nc3)OC(C)(C(F)(F)F)C2C)ccc(F)c1C. The van der Waals surface area contributed by atoms with Crippen molar-refractivity contribution in [1.29, 1.82) is 0 Å². The Bertz CT molecular complexity index is 1170. The third kappa shape index (κ3) is 4.92. The minimum atomic E-state index is -4.76. The maximum atomic E-state index is 14.2. The number of halogens is 4. The van der Waals surface area contributed by atoms with Gasteiger partial charge in [-0.1, -0.05) is 13.0 Å². The number of nitrogens with zero attached hydrogens (tertiary/aromatic N) is 1. The van der Waals surface area contributed by atoms with E-state index in [9.17, 15) is 22.4 Å². The van der Waals surface area contributed by atoms with E-state index in [0.717, 1.165) is 13.0 Å². The molecule has 0 saturated carbocycles. The molecule has 0 spiro atoms. The van der Waals surface area contributed by atoms with Crippen molar-refractivity contribution in [1.82, 2.24) is 4.98 Å². The monoisotopic (exact) mass is 526 g/mol. The summed E-state index contributed by atoms with van der Waals surface area (Å²) in [7, 11) is 1.30. The van der Waals surface area contributed by atoms with E-state index in [-0.39, 0.29) is 28.7 Å². The number of benzene rings is 1. The summed E-state index contributed by atoms with van der Waals surface area (Å²) in [5.74, 6) is -4.28. The number of pyridine rings is 1. The van der Waals surface area contributed by atoms with Gasteiger partial charge in [-0.05, 0) is 45.9 Å². The van der Waals surface area contributed by atoms with Crippen molar-refractivity contribution in [3.63, 3.8) is 0 Å². The largest absolute Gasteiger partial charge is 0.496 e. The first kappa shape index (κ1) is 27.3. The fourth-order valence-corrected chi connectivity index (χ4v) is 4.96. The summed E-state index contributed by atoms with van der Waals surface area (Å²) < 4.78 is 78.8. The molecule has 0 bridgehead atoms. The topological polar surface area (TPSA) is 78.9 Å². The highest BCUT2D eigenvalue weighted by Gasteiger charge is 2.65. The van der Waals surface area contributed by atoms with E-state index in [1.165, 1.54) is 33.2 Å². The average molecular weight is 527 g/mol. The number of hydrogen-bond donors (Lipinski definition) is 1. The first-order chi connectivity index (χ1) is 17.2. The van der Waals surface area contributed by atoms with Crippen LogP contribution in [-0.4, -0.2) is 48.3 Å². The molecule has 0 aliphatic carbocycles. The van der Waals surface area contributed by atoms with Crippen LogP contribution in [0.15, 0.2) is 30.5 Å². The lowest BCUT2D eigenvalue weighted by molar-refractivity contribution is -0.272. The second kappa shape index (κ2) is 9.52. The Morgan fingerprint density at radius 3 is 2.41 bits per heavy atom. The number of anilines is 1. The Balaban J connectivity index is 1.64. The summed E-state index contributed by atoms with van der Waals surface area (Å²) in [4.78, 5) is 17.7. The summed E-state index contributed by atoms with van der Waals surface area (Å²) in [6.45, 7) is 7.63. The van der Waals surface area contributed by atoms with Gasteiger partial charge in [-0.2, -0.15) is 13.2 Å². The molecule has 4 rings (SSSR count). The van der Waals surface area contributed by atoms with Gasteiger partial charge in [0.1, 0.15) is 23.8 Å². The van der Waals surface area contributed by atoms with Gasteiger partial charge in [0, 0.05) is 23.0 Å². The highest BCUT2D eigenvalue weighted by atomic mass is 19.4. The van der Waals surface area contributed by atoms with Crippen LogP contribution in [-0.2, 0) is 19.0 Å². The van der Waals surface area contributed by atoms with Crippen molar-refractivity contribution in [2.24, 2.45) is 5.92 Å². The van der Waals surface area contributed by atoms with Crippen molar-refractivity contribution in [3.8, 4) is 5.75 Å². The van der Waals surface area contributed by atoms with Crippen molar-refractivity contribution < 1.29 is 41.3 Å². The molecule has 1 aromatic heterocycles. The smallest absolute Gasteiger partial charge is 0.417 e. The molecule has 37 heavy (non-hydrogen) atoms. The number of rotatable bonds is 5. The molecule has 5 atom stereocenters. The van der Waals surface area contributed by atoms with Crippen LogP contribution in [0.1, 0.15) is 56.5 Å². The van der Waals surface area contributed by atoms with E-state index in [2.05, 4.69) is 10.3 Å². The number of aromatic nitrogens is 1. The van der Waals surface area contributed by atoms with Crippen molar-refractivity contribution in [2.45, 2.75) is 70.3 Å². The lowest BCUT2D eigenvalue weighted by Gasteiger charge is -2.32. The molecule has 1 amide bonds. The molecule has 7 nitrogen and oxygen atoms in total. The number of ether oxygens (including phenoxy) is 4. The zero-order valence-electron chi connectivity index (χ0n) is 21.4. The van der Waals surface area contributed by atoms with Gasteiger partial charge in [0.15, 0.2) is 11.4 Å². The summed E-state index contributed by atoms with van der Waals surface area (Å²) in [5.41, 5.74) is -1.38. The van der Waals surface area contributed by atoms with E-state index < -0.39 is 47.2 Å². The van der Waals surface area contributed by atoms with E-state index >= 15 is 0 Å². The second-order valence-corrected chi connectivity index (χ2v) is 10.0. The third-order valence-corrected chi connectivity index (χ3v) is 7.25. The molecule has 2 saturated heterocycles. The number of hydrogen-bond acceptors (Lipinski definition) is 6. The van der Waals surface area contributed by atoms with E-state index in [1.54, 1.807) is 26.0 Å². The normalized spacial score (nSPS) is 29.4. The number of amides is 1. The van der Waals surface area contributed by atoms with Crippen LogP contribution in [0.3, 0.4) is 0 Å². The predicted molar refractivity (Wildman–Crippen MR) is 126 cm³/mol. The minimum Gasteiger partial charge on any atom is -0.496 e. The van der Waals surface area contributed by atoms with Gasteiger partial charge in [0.25, 0.3) is 5.91 Å². The molecule has 2 aliphatic rings. The molecule has 11 heteroatoms.